The van der Waals surface area contributed by atoms with E-state index in [2.05, 4.69) is 11.0 Å². The van der Waals surface area contributed by atoms with Gasteiger partial charge in [0.15, 0.2) is 0 Å². The third-order valence-corrected chi connectivity index (χ3v) is 3.05. The van der Waals surface area contributed by atoms with Crippen molar-refractivity contribution in [3.05, 3.63) is 24.3 Å². The number of likely N-dealkylation sites (tertiary alicyclic amines) is 1. The molecule has 3 heteroatoms. The molecule has 1 fully saturated rings. The van der Waals surface area contributed by atoms with Crippen LogP contribution in [0, 0.1) is 0 Å². The predicted molar refractivity (Wildman–Crippen MR) is 71.6 cm³/mol. The van der Waals surface area contributed by atoms with E-state index in [4.69, 9.17) is 5.73 Å². The fourth-order valence-electron chi connectivity index (χ4n) is 2.11. The van der Waals surface area contributed by atoms with Gasteiger partial charge in [-0.25, -0.2) is 0 Å². The summed E-state index contributed by atoms with van der Waals surface area (Å²) in [5, 5.41) is 0. The van der Waals surface area contributed by atoms with Gasteiger partial charge in [-0.1, -0.05) is 24.6 Å². The highest BCUT2D eigenvalue weighted by Gasteiger charge is 2.09. The van der Waals surface area contributed by atoms with Crippen molar-refractivity contribution < 1.29 is 4.79 Å². The average molecular weight is 236 g/mol. The molecule has 0 spiro atoms. The minimum absolute atomic E-state index is 0.389. The first-order valence-corrected chi connectivity index (χ1v) is 6.64. The molecule has 2 N–H and O–H groups in total. The second-order valence-corrected chi connectivity index (χ2v) is 4.59. The minimum atomic E-state index is -0.389. The highest BCUT2D eigenvalue weighted by molar-refractivity contribution is 5.85. The van der Waals surface area contributed by atoms with Gasteiger partial charge in [-0.2, -0.15) is 0 Å². The molecule has 0 bridgehead atoms. The lowest BCUT2D eigenvalue weighted by Crippen LogP contribution is -2.20. The summed E-state index contributed by atoms with van der Waals surface area (Å²) in [6.45, 7) is 3.88. The normalized spacial score (nSPS) is 17.4. The van der Waals surface area contributed by atoms with Gasteiger partial charge in [-0.15, -0.1) is 0 Å². The first-order chi connectivity index (χ1) is 8.29. The summed E-state index contributed by atoms with van der Waals surface area (Å²) < 4.78 is 0. The highest BCUT2D eigenvalue weighted by atomic mass is 16.1. The summed E-state index contributed by atoms with van der Waals surface area (Å²) in [6.07, 6.45) is 14.8. The molecule has 0 atom stereocenters. The Labute approximate surface area is 104 Å². The van der Waals surface area contributed by atoms with Crippen LogP contribution in [-0.2, 0) is 4.79 Å². The molecule has 17 heavy (non-hydrogen) atoms. The van der Waals surface area contributed by atoms with Crippen LogP contribution in [0.3, 0.4) is 0 Å². The molecule has 0 aromatic heterocycles. The highest BCUT2D eigenvalue weighted by Crippen LogP contribution is 2.09. The number of nitrogens with zero attached hydrogens (tertiary/aromatic N) is 1. The number of unbranched alkanes of at least 4 members (excludes halogenated alkanes) is 3. The van der Waals surface area contributed by atoms with E-state index in [1.807, 2.05) is 6.08 Å². The zero-order valence-corrected chi connectivity index (χ0v) is 10.6. The van der Waals surface area contributed by atoms with Crippen molar-refractivity contribution in [3.63, 3.8) is 0 Å². The van der Waals surface area contributed by atoms with E-state index >= 15 is 0 Å². The Bertz CT molecular complexity index is 265. The average Bonchev–Trinajstić information content (AvgIpc) is 2.79. The van der Waals surface area contributed by atoms with E-state index in [9.17, 15) is 4.79 Å². The van der Waals surface area contributed by atoms with Crippen LogP contribution in [0.1, 0.15) is 38.5 Å². The molecule has 0 radical (unpaired) electrons. The molecule has 0 saturated carbocycles. The summed E-state index contributed by atoms with van der Waals surface area (Å²) >= 11 is 0. The maximum atomic E-state index is 10.4. The number of rotatable bonds is 8. The van der Waals surface area contributed by atoms with E-state index in [0.29, 0.717) is 0 Å². The molecular weight excluding hydrogens is 212 g/mol. The Balaban J connectivity index is 1.88. The van der Waals surface area contributed by atoms with Crippen molar-refractivity contribution in [2.45, 2.75) is 38.5 Å². The van der Waals surface area contributed by atoms with Crippen LogP contribution in [0.25, 0.3) is 0 Å². The maximum Gasteiger partial charge on any atom is 0.241 e. The Morgan fingerprint density at radius 1 is 1.12 bits per heavy atom. The van der Waals surface area contributed by atoms with E-state index in [0.717, 1.165) is 6.42 Å². The number of hydrogen-bond donors (Lipinski definition) is 1. The van der Waals surface area contributed by atoms with E-state index < -0.39 is 0 Å². The van der Waals surface area contributed by atoms with Crippen LogP contribution in [0.4, 0.5) is 0 Å². The fraction of sp³-hybridized carbons (Fsp3) is 0.643. The van der Waals surface area contributed by atoms with Crippen molar-refractivity contribution in [2.24, 2.45) is 5.73 Å². The van der Waals surface area contributed by atoms with Gasteiger partial charge < -0.3 is 10.6 Å². The van der Waals surface area contributed by atoms with Gasteiger partial charge in [-0.3, -0.25) is 4.79 Å². The number of carbonyl (C=O) groups excluding carboxylic acids is 1. The zero-order valence-electron chi connectivity index (χ0n) is 10.6. The number of nitrogens with two attached hydrogens (primary N) is 1. The zero-order chi connectivity index (χ0) is 12.3. The SMILES string of the molecule is NC(=O)C=CC=CCCCCCN1CCCC1. The van der Waals surface area contributed by atoms with Gasteiger partial charge in [-0.05, 0) is 51.7 Å². The first kappa shape index (κ1) is 14.0. The molecule has 1 rings (SSSR count). The molecule has 1 amide bonds. The van der Waals surface area contributed by atoms with Crippen LogP contribution >= 0.6 is 0 Å². The van der Waals surface area contributed by atoms with Gasteiger partial charge >= 0.3 is 0 Å². The lowest BCUT2D eigenvalue weighted by Gasteiger charge is -2.13. The quantitative estimate of drug-likeness (QED) is 0.399. The molecule has 1 heterocycles. The maximum absolute atomic E-state index is 10.4. The number of carbonyl (C=O) groups is 1. The number of primary amides is 1. The summed E-state index contributed by atoms with van der Waals surface area (Å²) in [6, 6.07) is 0. The molecule has 0 aromatic rings. The molecular formula is C14H24N2O. The summed E-state index contributed by atoms with van der Waals surface area (Å²) in [4.78, 5) is 13.0. The Morgan fingerprint density at radius 3 is 2.59 bits per heavy atom. The van der Waals surface area contributed by atoms with Gasteiger partial charge in [0, 0.05) is 6.08 Å². The standard InChI is InChI=1S/C14H24N2O/c15-14(17)10-6-4-2-1-3-5-7-11-16-12-8-9-13-16/h2,4,6,10H,1,3,5,7-9,11-13H2,(H2,15,17). The molecule has 0 aromatic carbocycles. The van der Waals surface area contributed by atoms with Gasteiger partial charge in [0.25, 0.3) is 0 Å². The van der Waals surface area contributed by atoms with E-state index in [1.54, 1.807) is 6.08 Å². The monoisotopic (exact) mass is 236 g/mol. The number of allylic oxidation sites excluding steroid dienone is 3. The van der Waals surface area contributed by atoms with Crippen LogP contribution in [-0.4, -0.2) is 30.4 Å². The second-order valence-electron chi connectivity index (χ2n) is 4.59. The number of hydrogen-bond acceptors (Lipinski definition) is 2. The topological polar surface area (TPSA) is 46.3 Å². The third-order valence-electron chi connectivity index (χ3n) is 3.05. The fourth-order valence-corrected chi connectivity index (χ4v) is 2.11. The molecule has 1 aliphatic heterocycles. The molecule has 3 nitrogen and oxygen atoms in total. The van der Waals surface area contributed by atoms with Crippen LogP contribution in [0.2, 0.25) is 0 Å². The van der Waals surface area contributed by atoms with Gasteiger partial charge in [0.1, 0.15) is 0 Å². The first-order valence-electron chi connectivity index (χ1n) is 6.64. The Kier molecular flexibility index (Phi) is 7.39. The smallest absolute Gasteiger partial charge is 0.241 e. The molecule has 1 aliphatic rings. The van der Waals surface area contributed by atoms with Crippen molar-refractivity contribution in [2.75, 3.05) is 19.6 Å². The third kappa shape index (κ3) is 7.75. The second kappa shape index (κ2) is 8.99. The lowest BCUT2D eigenvalue weighted by molar-refractivity contribution is -0.113. The Morgan fingerprint density at radius 2 is 1.88 bits per heavy atom. The minimum Gasteiger partial charge on any atom is -0.366 e. The van der Waals surface area contributed by atoms with Crippen molar-refractivity contribution >= 4 is 5.91 Å². The van der Waals surface area contributed by atoms with Crippen molar-refractivity contribution in [1.29, 1.82) is 0 Å². The molecule has 0 unspecified atom stereocenters. The molecule has 96 valence electrons. The van der Waals surface area contributed by atoms with E-state index in [-0.39, 0.29) is 5.91 Å². The van der Waals surface area contributed by atoms with Crippen LogP contribution in [0.5, 0.6) is 0 Å². The number of amides is 1. The lowest BCUT2D eigenvalue weighted by atomic mass is 10.2. The molecule has 0 aliphatic carbocycles. The van der Waals surface area contributed by atoms with Crippen LogP contribution in [0.15, 0.2) is 24.3 Å². The van der Waals surface area contributed by atoms with Gasteiger partial charge in [0.2, 0.25) is 5.91 Å². The molecule has 1 saturated heterocycles. The van der Waals surface area contributed by atoms with Crippen LogP contribution < -0.4 is 5.73 Å². The van der Waals surface area contributed by atoms with Crippen molar-refractivity contribution in [3.8, 4) is 0 Å². The van der Waals surface area contributed by atoms with Crippen molar-refractivity contribution in [1.82, 2.24) is 4.90 Å². The summed E-state index contributed by atoms with van der Waals surface area (Å²) in [7, 11) is 0. The summed E-state index contributed by atoms with van der Waals surface area (Å²) in [5.74, 6) is -0.389. The largest absolute Gasteiger partial charge is 0.366 e. The predicted octanol–water partition coefficient (Wildman–Crippen LogP) is 2.24. The van der Waals surface area contributed by atoms with E-state index in [1.165, 1.54) is 57.8 Å². The summed E-state index contributed by atoms with van der Waals surface area (Å²) in [5.41, 5.74) is 4.97. The Hall–Kier alpha value is -1.09. The van der Waals surface area contributed by atoms with Gasteiger partial charge in [0.05, 0.1) is 0 Å².